The molecule has 3 rings (SSSR count). The fourth-order valence-corrected chi connectivity index (χ4v) is 3.23. The van der Waals surface area contributed by atoms with Crippen LogP contribution in [0.25, 0.3) is 0 Å². The zero-order valence-corrected chi connectivity index (χ0v) is 14.8. The Balaban J connectivity index is 1.62. The Morgan fingerprint density at radius 3 is 2.76 bits per heavy atom. The molecule has 132 valence electrons. The van der Waals surface area contributed by atoms with Crippen LogP contribution in [0.4, 0.5) is 5.69 Å². The molecule has 0 aliphatic carbocycles. The zero-order valence-electron chi connectivity index (χ0n) is 14.8. The minimum Gasteiger partial charge on any atom is -0.377 e. The fourth-order valence-electron chi connectivity index (χ4n) is 3.23. The van der Waals surface area contributed by atoms with E-state index in [4.69, 9.17) is 4.74 Å². The number of amides is 1. The van der Waals surface area contributed by atoms with E-state index in [0.717, 1.165) is 43.8 Å². The molecule has 1 atom stereocenters. The maximum atomic E-state index is 12.5. The summed E-state index contributed by atoms with van der Waals surface area (Å²) in [6, 6.07) is 18.2. The average Bonchev–Trinajstić information content (AvgIpc) is 3.08. The van der Waals surface area contributed by atoms with Gasteiger partial charge < -0.3 is 10.1 Å². The molecule has 0 aromatic heterocycles. The van der Waals surface area contributed by atoms with Crippen LogP contribution >= 0.6 is 0 Å². The zero-order chi connectivity index (χ0) is 17.5. The molecule has 2 aromatic carbocycles. The Kier molecular flexibility index (Phi) is 6.20. The molecule has 1 amide bonds. The van der Waals surface area contributed by atoms with Crippen molar-refractivity contribution in [2.24, 2.45) is 0 Å². The maximum absolute atomic E-state index is 12.5. The second kappa shape index (κ2) is 8.79. The smallest absolute Gasteiger partial charge is 0.238 e. The lowest BCUT2D eigenvalue weighted by Gasteiger charge is -2.24. The number of benzene rings is 2. The molecule has 1 aliphatic heterocycles. The third-order valence-corrected chi connectivity index (χ3v) is 4.40. The molecule has 4 nitrogen and oxygen atoms in total. The highest BCUT2D eigenvalue weighted by Crippen LogP contribution is 2.16. The van der Waals surface area contributed by atoms with E-state index < -0.39 is 0 Å². The number of hydrogen-bond acceptors (Lipinski definition) is 3. The molecular formula is C21H26N2O2. The third kappa shape index (κ3) is 5.69. The first-order valence-corrected chi connectivity index (χ1v) is 8.93. The highest BCUT2D eigenvalue weighted by molar-refractivity contribution is 5.92. The molecule has 25 heavy (non-hydrogen) atoms. The minimum atomic E-state index is 0.0135. The molecule has 0 saturated carbocycles. The highest BCUT2D eigenvalue weighted by Gasteiger charge is 2.21. The molecule has 1 heterocycles. The first kappa shape index (κ1) is 17.6. The van der Waals surface area contributed by atoms with Crippen molar-refractivity contribution in [2.75, 3.05) is 25.0 Å². The van der Waals surface area contributed by atoms with E-state index >= 15 is 0 Å². The van der Waals surface area contributed by atoms with Crippen molar-refractivity contribution in [2.45, 2.75) is 32.4 Å². The standard InChI is InChI=1S/C21H26N2O2/c1-17-7-5-10-19(13-17)22-21(24)16-23(15-20-11-6-12-25-20)14-18-8-3-2-4-9-18/h2-5,7-10,13,20H,6,11-12,14-16H2,1H3,(H,22,24). The van der Waals surface area contributed by atoms with Crippen LogP contribution < -0.4 is 5.32 Å². The van der Waals surface area contributed by atoms with E-state index in [9.17, 15) is 4.79 Å². The van der Waals surface area contributed by atoms with E-state index in [1.165, 1.54) is 5.56 Å². The second-order valence-corrected chi connectivity index (χ2v) is 6.71. The Bertz CT molecular complexity index is 681. The first-order valence-electron chi connectivity index (χ1n) is 8.93. The quantitative estimate of drug-likeness (QED) is 0.838. The summed E-state index contributed by atoms with van der Waals surface area (Å²) in [5.74, 6) is 0.0135. The van der Waals surface area contributed by atoms with Gasteiger partial charge in [0.05, 0.1) is 12.6 Å². The predicted molar refractivity (Wildman–Crippen MR) is 101 cm³/mol. The Hall–Kier alpha value is -2.17. The summed E-state index contributed by atoms with van der Waals surface area (Å²) in [5.41, 5.74) is 3.20. The van der Waals surface area contributed by atoms with Gasteiger partial charge in [-0.05, 0) is 43.0 Å². The van der Waals surface area contributed by atoms with Crippen LogP contribution in [0.1, 0.15) is 24.0 Å². The van der Waals surface area contributed by atoms with E-state index in [2.05, 4.69) is 22.3 Å². The highest BCUT2D eigenvalue weighted by atomic mass is 16.5. The van der Waals surface area contributed by atoms with Gasteiger partial charge in [0.2, 0.25) is 5.91 Å². The van der Waals surface area contributed by atoms with Gasteiger partial charge in [0.15, 0.2) is 0 Å². The lowest BCUT2D eigenvalue weighted by Crippen LogP contribution is -2.37. The molecule has 1 fully saturated rings. The summed E-state index contributed by atoms with van der Waals surface area (Å²) in [4.78, 5) is 14.7. The van der Waals surface area contributed by atoms with Crippen LogP contribution in [-0.2, 0) is 16.1 Å². The van der Waals surface area contributed by atoms with E-state index in [1.807, 2.05) is 49.4 Å². The summed E-state index contributed by atoms with van der Waals surface area (Å²) < 4.78 is 5.76. The number of nitrogens with zero attached hydrogens (tertiary/aromatic N) is 1. The average molecular weight is 338 g/mol. The van der Waals surface area contributed by atoms with Gasteiger partial charge in [-0.25, -0.2) is 0 Å². The second-order valence-electron chi connectivity index (χ2n) is 6.71. The van der Waals surface area contributed by atoms with Crippen molar-refractivity contribution < 1.29 is 9.53 Å². The molecule has 0 spiro atoms. The number of nitrogens with one attached hydrogen (secondary N) is 1. The number of hydrogen-bond donors (Lipinski definition) is 1. The van der Waals surface area contributed by atoms with Crippen LogP contribution in [0.5, 0.6) is 0 Å². The van der Waals surface area contributed by atoms with Crippen LogP contribution in [0, 0.1) is 6.92 Å². The van der Waals surface area contributed by atoms with Gasteiger partial charge in [0, 0.05) is 25.4 Å². The van der Waals surface area contributed by atoms with Gasteiger partial charge in [-0.3, -0.25) is 9.69 Å². The van der Waals surface area contributed by atoms with Gasteiger partial charge in [-0.1, -0.05) is 42.5 Å². The number of aryl methyl sites for hydroxylation is 1. The number of ether oxygens (including phenoxy) is 1. The number of rotatable bonds is 7. The monoisotopic (exact) mass is 338 g/mol. The summed E-state index contributed by atoms with van der Waals surface area (Å²) >= 11 is 0. The van der Waals surface area contributed by atoms with Crippen LogP contribution in [-0.4, -0.2) is 36.6 Å². The molecule has 1 saturated heterocycles. The Labute approximate surface area is 149 Å². The van der Waals surface area contributed by atoms with Crippen LogP contribution in [0.2, 0.25) is 0 Å². The lowest BCUT2D eigenvalue weighted by molar-refractivity contribution is -0.117. The van der Waals surface area contributed by atoms with Crippen molar-refractivity contribution in [3.8, 4) is 0 Å². The Morgan fingerprint density at radius 2 is 2.04 bits per heavy atom. The first-order chi connectivity index (χ1) is 12.2. The number of carbonyl (C=O) groups is 1. The van der Waals surface area contributed by atoms with Crippen molar-refractivity contribution in [1.29, 1.82) is 0 Å². The molecule has 1 unspecified atom stereocenters. The van der Waals surface area contributed by atoms with Gasteiger partial charge in [-0.15, -0.1) is 0 Å². The summed E-state index contributed by atoms with van der Waals surface area (Å²) in [6.45, 7) is 4.76. The van der Waals surface area contributed by atoms with Gasteiger partial charge in [-0.2, -0.15) is 0 Å². The molecule has 1 N–H and O–H groups in total. The van der Waals surface area contributed by atoms with Crippen molar-refractivity contribution in [1.82, 2.24) is 4.90 Å². The summed E-state index contributed by atoms with van der Waals surface area (Å²) in [5, 5.41) is 3.00. The van der Waals surface area contributed by atoms with E-state index in [1.54, 1.807) is 0 Å². The van der Waals surface area contributed by atoms with E-state index in [0.29, 0.717) is 6.54 Å². The van der Waals surface area contributed by atoms with Crippen molar-refractivity contribution >= 4 is 11.6 Å². The molecule has 2 aromatic rings. The topological polar surface area (TPSA) is 41.6 Å². The SMILES string of the molecule is Cc1cccc(NC(=O)CN(Cc2ccccc2)CC2CCCO2)c1. The van der Waals surface area contributed by atoms with Crippen molar-refractivity contribution in [3.63, 3.8) is 0 Å². The van der Waals surface area contributed by atoms with Crippen molar-refractivity contribution in [3.05, 3.63) is 65.7 Å². The molecule has 0 radical (unpaired) electrons. The largest absolute Gasteiger partial charge is 0.377 e. The molecule has 4 heteroatoms. The number of carbonyl (C=O) groups excluding carboxylic acids is 1. The molecule has 0 bridgehead atoms. The lowest BCUT2D eigenvalue weighted by atomic mass is 10.2. The van der Waals surface area contributed by atoms with Gasteiger partial charge in [0.1, 0.15) is 0 Å². The molecular weight excluding hydrogens is 312 g/mol. The Morgan fingerprint density at radius 1 is 1.20 bits per heavy atom. The minimum absolute atomic E-state index is 0.0135. The van der Waals surface area contributed by atoms with Gasteiger partial charge in [0.25, 0.3) is 0 Å². The third-order valence-electron chi connectivity index (χ3n) is 4.40. The summed E-state index contributed by atoms with van der Waals surface area (Å²) in [6.07, 6.45) is 2.42. The fraction of sp³-hybridized carbons (Fsp3) is 0.381. The predicted octanol–water partition coefficient (Wildman–Crippen LogP) is 3.61. The van der Waals surface area contributed by atoms with Gasteiger partial charge >= 0.3 is 0 Å². The van der Waals surface area contributed by atoms with Crippen LogP contribution in [0.3, 0.4) is 0 Å². The number of anilines is 1. The molecule has 1 aliphatic rings. The summed E-state index contributed by atoms with van der Waals surface area (Å²) in [7, 11) is 0. The maximum Gasteiger partial charge on any atom is 0.238 e. The normalized spacial score (nSPS) is 17.0. The van der Waals surface area contributed by atoms with E-state index in [-0.39, 0.29) is 12.0 Å². The van der Waals surface area contributed by atoms with Crippen LogP contribution in [0.15, 0.2) is 54.6 Å².